The molecule has 0 aliphatic rings. The molecule has 0 fully saturated rings. The Labute approximate surface area is 176 Å². The van der Waals surface area contributed by atoms with Crippen LogP contribution in [0.25, 0.3) is 5.65 Å². The molecule has 2 aromatic carbocycles. The highest BCUT2D eigenvalue weighted by Crippen LogP contribution is 2.30. The molecule has 0 unspecified atom stereocenters. The fourth-order valence-corrected chi connectivity index (χ4v) is 3.08. The Morgan fingerprint density at radius 2 is 1.77 bits per heavy atom. The molecular formula is C23H18F3N3O2. The first kappa shape index (κ1) is 20.5. The topological polar surface area (TPSA) is 55.6 Å². The fraction of sp³-hybridized carbons (Fsp3) is 0.130. The summed E-state index contributed by atoms with van der Waals surface area (Å²) in [6.45, 7) is 2.26. The number of anilines is 1. The Kier molecular flexibility index (Phi) is 5.37. The third-order valence-corrected chi connectivity index (χ3v) is 4.70. The number of ether oxygens (including phenoxy) is 1. The quantitative estimate of drug-likeness (QED) is 0.460. The third-order valence-electron chi connectivity index (χ3n) is 4.70. The third kappa shape index (κ3) is 4.69. The largest absolute Gasteiger partial charge is 0.487 e. The number of nitrogens with zero attached hydrogens (tertiary/aromatic N) is 2. The second-order valence-electron chi connectivity index (χ2n) is 7.00. The maximum absolute atomic E-state index is 12.6. The molecule has 2 heterocycles. The lowest BCUT2D eigenvalue weighted by Crippen LogP contribution is -2.12. The van der Waals surface area contributed by atoms with Gasteiger partial charge in [0.15, 0.2) is 0 Å². The van der Waals surface area contributed by atoms with Gasteiger partial charge in [-0.2, -0.15) is 13.2 Å². The molecule has 4 aromatic rings. The molecule has 0 saturated carbocycles. The van der Waals surface area contributed by atoms with Gasteiger partial charge in [0.2, 0.25) is 0 Å². The van der Waals surface area contributed by atoms with Crippen LogP contribution in [0.5, 0.6) is 5.75 Å². The number of amides is 1. The minimum atomic E-state index is -4.42. The molecule has 0 atom stereocenters. The van der Waals surface area contributed by atoms with E-state index in [1.807, 2.05) is 35.9 Å². The number of carbonyl (C=O) groups excluding carboxylic acids is 1. The van der Waals surface area contributed by atoms with Gasteiger partial charge < -0.3 is 14.5 Å². The van der Waals surface area contributed by atoms with Gasteiger partial charge in [0.05, 0.1) is 11.3 Å². The van der Waals surface area contributed by atoms with Gasteiger partial charge in [-0.05, 0) is 67.1 Å². The summed E-state index contributed by atoms with van der Waals surface area (Å²) in [5, 5.41) is 2.57. The second-order valence-corrected chi connectivity index (χ2v) is 7.00. The number of hydrogen-bond acceptors (Lipinski definition) is 3. The van der Waals surface area contributed by atoms with Gasteiger partial charge >= 0.3 is 6.18 Å². The number of aryl methyl sites for hydroxylation is 1. The molecular weight excluding hydrogens is 407 g/mol. The van der Waals surface area contributed by atoms with E-state index in [1.54, 1.807) is 24.3 Å². The number of benzene rings is 2. The van der Waals surface area contributed by atoms with Crippen LogP contribution in [0.1, 0.15) is 27.2 Å². The lowest BCUT2D eigenvalue weighted by atomic mass is 10.1. The fourth-order valence-electron chi connectivity index (χ4n) is 3.08. The molecule has 2 aromatic heterocycles. The van der Waals surface area contributed by atoms with E-state index in [9.17, 15) is 18.0 Å². The van der Waals surface area contributed by atoms with E-state index in [0.717, 1.165) is 29.0 Å². The summed E-state index contributed by atoms with van der Waals surface area (Å²) in [5.41, 5.74) is 2.58. The molecule has 0 bridgehead atoms. The first-order valence-corrected chi connectivity index (χ1v) is 9.44. The molecule has 4 rings (SSSR count). The van der Waals surface area contributed by atoms with Gasteiger partial charge in [-0.3, -0.25) is 4.79 Å². The van der Waals surface area contributed by atoms with Crippen LogP contribution in [0.4, 0.5) is 18.9 Å². The molecule has 158 valence electrons. The Balaban J connectivity index is 1.37. The van der Waals surface area contributed by atoms with Crippen LogP contribution in [-0.4, -0.2) is 15.3 Å². The number of alkyl halides is 3. The summed E-state index contributed by atoms with van der Waals surface area (Å²) in [4.78, 5) is 16.9. The van der Waals surface area contributed by atoms with Crippen molar-refractivity contribution in [2.75, 3.05) is 5.32 Å². The molecule has 31 heavy (non-hydrogen) atoms. The summed E-state index contributed by atoms with van der Waals surface area (Å²) < 4.78 is 45.5. The highest BCUT2D eigenvalue weighted by atomic mass is 19.4. The average molecular weight is 425 g/mol. The average Bonchev–Trinajstić information content (AvgIpc) is 3.17. The van der Waals surface area contributed by atoms with E-state index in [1.165, 1.54) is 12.1 Å². The molecule has 0 radical (unpaired) electrons. The molecule has 8 heteroatoms. The molecule has 0 aliphatic carbocycles. The van der Waals surface area contributed by atoms with Crippen molar-refractivity contribution in [1.82, 2.24) is 9.38 Å². The monoisotopic (exact) mass is 425 g/mol. The lowest BCUT2D eigenvalue weighted by Gasteiger charge is -2.09. The Bertz CT molecular complexity index is 1210. The Hall–Kier alpha value is -3.81. The Morgan fingerprint density at radius 1 is 1.06 bits per heavy atom. The standard InChI is InChI=1S/C23H18F3N3O2/c1-15-3-2-12-29-13-19(27-21(15)29)14-31-20-10-4-16(5-11-20)22(30)28-18-8-6-17(7-9-18)23(24,25)26/h2-13H,14H2,1H3,(H,28,30). The first-order valence-electron chi connectivity index (χ1n) is 9.44. The summed E-state index contributed by atoms with van der Waals surface area (Å²) in [6, 6.07) is 14.7. The number of rotatable bonds is 5. The zero-order valence-electron chi connectivity index (χ0n) is 16.5. The van der Waals surface area contributed by atoms with Crippen molar-refractivity contribution in [3.05, 3.63) is 95.4 Å². The van der Waals surface area contributed by atoms with Gasteiger partial charge in [-0.25, -0.2) is 4.98 Å². The number of fused-ring (bicyclic) bond motifs is 1. The normalized spacial score (nSPS) is 11.5. The van der Waals surface area contributed by atoms with Gasteiger partial charge in [-0.1, -0.05) is 6.07 Å². The number of carbonyl (C=O) groups is 1. The highest BCUT2D eigenvalue weighted by molar-refractivity contribution is 6.04. The van der Waals surface area contributed by atoms with E-state index in [0.29, 0.717) is 11.3 Å². The van der Waals surface area contributed by atoms with Crippen LogP contribution >= 0.6 is 0 Å². The number of hydrogen-bond donors (Lipinski definition) is 1. The van der Waals surface area contributed by atoms with Gasteiger partial charge in [0, 0.05) is 23.6 Å². The molecule has 5 nitrogen and oxygen atoms in total. The van der Waals surface area contributed by atoms with Crippen molar-refractivity contribution >= 4 is 17.2 Å². The van der Waals surface area contributed by atoms with E-state index < -0.39 is 17.6 Å². The smallest absolute Gasteiger partial charge is 0.416 e. The highest BCUT2D eigenvalue weighted by Gasteiger charge is 2.30. The number of halogens is 3. The second kappa shape index (κ2) is 8.14. The van der Waals surface area contributed by atoms with Crippen molar-refractivity contribution in [2.24, 2.45) is 0 Å². The van der Waals surface area contributed by atoms with Crippen molar-refractivity contribution in [3.63, 3.8) is 0 Å². The zero-order valence-corrected chi connectivity index (χ0v) is 16.5. The van der Waals surface area contributed by atoms with Crippen LogP contribution in [0.2, 0.25) is 0 Å². The number of imidazole rings is 1. The summed E-state index contributed by atoms with van der Waals surface area (Å²) in [5.74, 6) is 0.141. The summed E-state index contributed by atoms with van der Waals surface area (Å²) in [7, 11) is 0. The van der Waals surface area contributed by atoms with Crippen molar-refractivity contribution in [2.45, 2.75) is 19.7 Å². The first-order chi connectivity index (χ1) is 14.8. The predicted molar refractivity (Wildman–Crippen MR) is 110 cm³/mol. The Morgan fingerprint density at radius 3 is 2.42 bits per heavy atom. The summed E-state index contributed by atoms with van der Waals surface area (Å²) in [6.07, 6.45) is -0.600. The lowest BCUT2D eigenvalue weighted by molar-refractivity contribution is -0.137. The van der Waals surface area contributed by atoms with Crippen molar-refractivity contribution in [1.29, 1.82) is 0 Å². The SMILES string of the molecule is Cc1cccn2cc(COc3ccc(C(=O)Nc4ccc(C(F)(F)F)cc4)cc3)nc12. The van der Waals surface area contributed by atoms with Crippen molar-refractivity contribution in [3.8, 4) is 5.75 Å². The molecule has 0 spiro atoms. The predicted octanol–water partition coefficient (Wildman–Crippen LogP) is 5.49. The minimum Gasteiger partial charge on any atom is -0.487 e. The van der Waals surface area contributed by atoms with Gasteiger partial charge in [0.25, 0.3) is 5.91 Å². The minimum absolute atomic E-state index is 0.276. The van der Waals surface area contributed by atoms with E-state index in [4.69, 9.17) is 4.74 Å². The van der Waals surface area contributed by atoms with E-state index in [-0.39, 0.29) is 12.3 Å². The van der Waals surface area contributed by atoms with Crippen LogP contribution in [0.15, 0.2) is 73.1 Å². The van der Waals surface area contributed by atoms with Crippen LogP contribution < -0.4 is 10.1 Å². The van der Waals surface area contributed by atoms with Crippen LogP contribution in [0.3, 0.4) is 0 Å². The van der Waals surface area contributed by atoms with Crippen LogP contribution in [-0.2, 0) is 12.8 Å². The van der Waals surface area contributed by atoms with E-state index in [2.05, 4.69) is 10.3 Å². The van der Waals surface area contributed by atoms with Gasteiger partial charge in [-0.15, -0.1) is 0 Å². The summed E-state index contributed by atoms with van der Waals surface area (Å²) >= 11 is 0. The van der Waals surface area contributed by atoms with Gasteiger partial charge in [0.1, 0.15) is 18.0 Å². The maximum Gasteiger partial charge on any atom is 0.416 e. The zero-order chi connectivity index (χ0) is 22.0. The molecule has 1 amide bonds. The molecule has 0 saturated heterocycles. The molecule has 1 N–H and O–H groups in total. The molecule has 0 aliphatic heterocycles. The maximum atomic E-state index is 12.6. The van der Waals surface area contributed by atoms with Crippen molar-refractivity contribution < 1.29 is 22.7 Å². The number of nitrogens with one attached hydrogen (secondary N) is 1. The number of pyridine rings is 1. The van der Waals surface area contributed by atoms with E-state index >= 15 is 0 Å². The van der Waals surface area contributed by atoms with Crippen LogP contribution in [0, 0.1) is 6.92 Å². The number of aromatic nitrogens is 2.